The van der Waals surface area contributed by atoms with Gasteiger partial charge >= 0.3 is 7.48 Å². The summed E-state index contributed by atoms with van der Waals surface area (Å²) in [7, 11) is 1.70. The van der Waals surface area contributed by atoms with E-state index in [-0.39, 0.29) is 0 Å². The average Bonchev–Trinajstić information content (AvgIpc) is 3.08. The van der Waals surface area contributed by atoms with Crippen LogP contribution < -0.4 is 5.46 Å². The van der Waals surface area contributed by atoms with Crippen LogP contribution in [0.5, 0.6) is 0 Å². The van der Waals surface area contributed by atoms with E-state index in [2.05, 4.69) is 97.1 Å². The van der Waals surface area contributed by atoms with Crippen LogP contribution in [0, 0.1) is 0 Å². The number of hydrogen-bond donors (Lipinski definition) is 1. The molecule has 5 heteroatoms. The van der Waals surface area contributed by atoms with Crippen molar-refractivity contribution < 1.29 is 9.76 Å². The van der Waals surface area contributed by atoms with Crippen molar-refractivity contribution in [3.63, 3.8) is 0 Å². The molecule has 0 atom stereocenters. The highest BCUT2D eigenvalue weighted by molar-refractivity contribution is 6.47. The van der Waals surface area contributed by atoms with E-state index in [0.717, 1.165) is 44.7 Å². The van der Waals surface area contributed by atoms with Crippen molar-refractivity contribution in [2.24, 2.45) is 0 Å². The summed E-state index contributed by atoms with van der Waals surface area (Å²) in [5.41, 5.74) is 8.46. The van der Waals surface area contributed by atoms with Gasteiger partial charge in [-0.05, 0) is 56.0 Å². The lowest BCUT2D eigenvalue weighted by Gasteiger charge is -2.37. The normalized spacial score (nSPS) is 11.8. The van der Waals surface area contributed by atoms with Gasteiger partial charge in [0.1, 0.15) is 0 Å². The van der Waals surface area contributed by atoms with Gasteiger partial charge < -0.3 is 9.76 Å². The Balaban J connectivity index is 1.34. The monoisotopic (exact) mass is 587 g/mol. The van der Waals surface area contributed by atoms with Gasteiger partial charge in [0.25, 0.3) is 0 Å². The molecule has 1 aromatic heterocycles. The predicted octanol–water partition coefficient (Wildman–Crippen LogP) is 8.62. The fourth-order valence-electron chi connectivity index (χ4n) is 4.87. The van der Waals surface area contributed by atoms with Crippen LogP contribution in [0.4, 0.5) is 0 Å². The third-order valence-electron chi connectivity index (χ3n) is 8.43. The number of aromatic nitrogens is 2. The van der Waals surface area contributed by atoms with Crippen molar-refractivity contribution in [2.45, 2.75) is 38.9 Å². The molecule has 0 aliphatic rings. The maximum absolute atomic E-state index is 10.4. The van der Waals surface area contributed by atoms with Crippen LogP contribution in [0.15, 0.2) is 140 Å². The highest BCUT2D eigenvalue weighted by atomic mass is 16.5. The lowest BCUT2D eigenvalue weighted by molar-refractivity contribution is -0.0893. The number of rotatable bonds is 9. The van der Waals surface area contributed by atoms with Crippen LogP contribution in [-0.4, -0.2) is 33.8 Å². The van der Waals surface area contributed by atoms with Gasteiger partial charge in [0.05, 0.1) is 22.6 Å². The molecule has 0 unspecified atom stereocenters. The first-order chi connectivity index (χ1) is 21.7. The first-order valence-corrected chi connectivity index (χ1v) is 15.2. The number of aliphatic hydroxyl groups is 1. The van der Waals surface area contributed by atoms with E-state index in [9.17, 15) is 5.11 Å². The SMILES string of the molecule is CC(C)(O)C(C)(C)O[B]c1ccc(-c2cc(-c3ccc(-c4ccccc4)cc3)nc(-c3ccc(-c4ccccc4)cc3)n2)cc1. The minimum atomic E-state index is -0.990. The van der Waals surface area contributed by atoms with Gasteiger partial charge in [-0.15, -0.1) is 0 Å². The molecule has 6 aromatic rings. The maximum atomic E-state index is 10.4. The Morgan fingerprint density at radius 2 is 0.867 bits per heavy atom. The zero-order valence-electron chi connectivity index (χ0n) is 26.1. The summed E-state index contributed by atoms with van der Waals surface area (Å²) in [5, 5.41) is 10.4. The molecule has 0 aliphatic carbocycles. The number of nitrogens with zero attached hydrogens (tertiary/aromatic N) is 2. The molecule has 1 heterocycles. The van der Waals surface area contributed by atoms with Gasteiger partial charge in [0, 0.05) is 16.7 Å². The molecule has 4 nitrogen and oxygen atoms in total. The standard InChI is InChI=1S/C40H36BN2O2/c1-39(2,44)40(3,4)45-41-35-25-23-33(24-26-35)37-27-36(32-19-15-30(16-20-32)28-11-7-5-8-12-28)42-38(43-37)34-21-17-31(18-22-34)29-13-9-6-10-14-29/h5-27,44H,1-4H3. The van der Waals surface area contributed by atoms with Crippen molar-refractivity contribution in [1.82, 2.24) is 9.97 Å². The fraction of sp³-hybridized carbons (Fsp3) is 0.150. The molecule has 0 aliphatic heterocycles. The molecule has 6 rings (SSSR count). The molecular formula is C40H36BN2O2. The summed E-state index contributed by atoms with van der Waals surface area (Å²) >= 11 is 0. The zero-order chi connectivity index (χ0) is 31.4. The fourth-order valence-corrected chi connectivity index (χ4v) is 4.87. The maximum Gasteiger partial charge on any atom is 0.330 e. The van der Waals surface area contributed by atoms with Crippen molar-refractivity contribution in [2.75, 3.05) is 0 Å². The lowest BCUT2D eigenvalue weighted by Crippen LogP contribution is -2.49. The van der Waals surface area contributed by atoms with Crippen LogP contribution in [0.1, 0.15) is 27.7 Å². The minimum absolute atomic E-state index is 0.667. The van der Waals surface area contributed by atoms with Gasteiger partial charge in [0.15, 0.2) is 5.82 Å². The van der Waals surface area contributed by atoms with Gasteiger partial charge in [-0.2, -0.15) is 0 Å². The van der Waals surface area contributed by atoms with Gasteiger partial charge in [0.2, 0.25) is 0 Å². The molecular weight excluding hydrogens is 551 g/mol. The Kier molecular flexibility index (Phi) is 8.49. The highest BCUT2D eigenvalue weighted by Crippen LogP contribution is 2.30. The van der Waals surface area contributed by atoms with E-state index in [1.54, 1.807) is 21.3 Å². The largest absolute Gasteiger partial charge is 0.427 e. The second-order valence-electron chi connectivity index (χ2n) is 12.3. The first-order valence-electron chi connectivity index (χ1n) is 15.2. The molecule has 0 saturated heterocycles. The van der Waals surface area contributed by atoms with E-state index in [1.165, 1.54) is 11.1 Å². The third-order valence-corrected chi connectivity index (χ3v) is 8.43. The van der Waals surface area contributed by atoms with E-state index >= 15 is 0 Å². The topological polar surface area (TPSA) is 55.2 Å². The average molecular weight is 588 g/mol. The summed E-state index contributed by atoms with van der Waals surface area (Å²) in [6, 6.07) is 47.8. The van der Waals surface area contributed by atoms with E-state index in [0.29, 0.717) is 5.82 Å². The van der Waals surface area contributed by atoms with Gasteiger partial charge in [-0.25, -0.2) is 9.97 Å². The molecule has 45 heavy (non-hydrogen) atoms. The zero-order valence-corrected chi connectivity index (χ0v) is 26.1. The molecule has 0 fully saturated rings. The van der Waals surface area contributed by atoms with Gasteiger partial charge in [-0.1, -0.05) is 139 Å². The van der Waals surface area contributed by atoms with Crippen molar-refractivity contribution in [3.8, 4) is 56.2 Å². The van der Waals surface area contributed by atoms with E-state index < -0.39 is 11.2 Å². The van der Waals surface area contributed by atoms with Crippen molar-refractivity contribution >= 4 is 12.9 Å². The quantitative estimate of drug-likeness (QED) is 0.172. The Hall–Kier alpha value is -4.84. The first kappa shape index (κ1) is 30.2. The molecule has 0 amide bonds. The second-order valence-corrected chi connectivity index (χ2v) is 12.3. The molecule has 1 radical (unpaired) electrons. The molecule has 0 bridgehead atoms. The number of hydrogen-bond acceptors (Lipinski definition) is 4. The Morgan fingerprint density at radius 3 is 1.31 bits per heavy atom. The molecule has 0 saturated carbocycles. The Morgan fingerprint density at radius 1 is 0.489 bits per heavy atom. The minimum Gasteiger partial charge on any atom is -0.427 e. The summed E-state index contributed by atoms with van der Waals surface area (Å²) in [4.78, 5) is 10.1. The van der Waals surface area contributed by atoms with E-state index in [4.69, 9.17) is 14.6 Å². The molecule has 0 spiro atoms. The van der Waals surface area contributed by atoms with E-state index in [1.807, 2.05) is 56.3 Å². The third kappa shape index (κ3) is 6.96. The van der Waals surface area contributed by atoms with Crippen LogP contribution >= 0.6 is 0 Å². The van der Waals surface area contributed by atoms with Crippen LogP contribution in [0.2, 0.25) is 0 Å². The van der Waals surface area contributed by atoms with Crippen LogP contribution in [0.25, 0.3) is 56.2 Å². The number of benzene rings is 5. The predicted molar refractivity (Wildman–Crippen MR) is 186 cm³/mol. The van der Waals surface area contributed by atoms with Crippen molar-refractivity contribution in [3.05, 3.63) is 140 Å². The smallest absolute Gasteiger partial charge is 0.330 e. The summed E-state index contributed by atoms with van der Waals surface area (Å²) < 4.78 is 5.96. The van der Waals surface area contributed by atoms with Crippen LogP contribution in [-0.2, 0) is 4.65 Å². The highest BCUT2D eigenvalue weighted by Gasteiger charge is 2.35. The summed E-state index contributed by atoms with van der Waals surface area (Å²) in [6.45, 7) is 7.25. The molecule has 221 valence electrons. The van der Waals surface area contributed by atoms with Crippen molar-refractivity contribution in [1.29, 1.82) is 0 Å². The second kappa shape index (κ2) is 12.6. The Labute approximate surface area is 266 Å². The Bertz CT molecular complexity index is 1760. The lowest BCUT2D eigenvalue weighted by atomic mass is 9.82. The van der Waals surface area contributed by atoms with Gasteiger partial charge in [-0.3, -0.25) is 0 Å². The summed E-state index contributed by atoms with van der Waals surface area (Å²) in [5.74, 6) is 0.667. The molecule has 5 aromatic carbocycles. The van der Waals surface area contributed by atoms with Crippen LogP contribution in [0.3, 0.4) is 0 Å². The molecule has 1 N–H and O–H groups in total. The summed E-state index contributed by atoms with van der Waals surface area (Å²) in [6.07, 6.45) is 0.